The summed E-state index contributed by atoms with van der Waals surface area (Å²) in [7, 11) is 0. The van der Waals surface area contributed by atoms with Gasteiger partial charge in [0.15, 0.2) is 0 Å². The Kier molecular flexibility index (Phi) is 15.9. The van der Waals surface area contributed by atoms with Gasteiger partial charge in [-0.05, 0) is 12.8 Å². The van der Waals surface area contributed by atoms with Gasteiger partial charge in [0, 0.05) is 72.1 Å². The number of carboxylic acids is 2. The van der Waals surface area contributed by atoms with E-state index in [9.17, 15) is 29.7 Å². The van der Waals surface area contributed by atoms with E-state index in [2.05, 4.69) is 11.9 Å². The molecule has 12 nitrogen and oxygen atoms in total. The average Bonchev–Trinajstić information content (AvgIpc) is 2.77. The first kappa shape index (κ1) is 30.8. The quantitative estimate of drug-likeness (QED) is 0.178. The van der Waals surface area contributed by atoms with Gasteiger partial charge in [0.25, 0.3) is 0 Å². The lowest BCUT2D eigenvalue weighted by Crippen LogP contribution is -2.49. The lowest BCUT2D eigenvalue weighted by atomic mass is 10.3. The number of carboxylic acid groups (broad SMARTS) is 2. The molecule has 1 rings (SSSR count). The first-order valence-electron chi connectivity index (χ1n) is 12.2. The summed E-state index contributed by atoms with van der Waals surface area (Å²) in [6.07, 6.45) is 1.68. The van der Waals surface area contributed by atoms with E-state index in [1.165, 1.54) is 0 Å². The van der Waals surface area contributed by atoms with Crippen molar-refractivity contribution in [1.29, 1.82) is 0 Å². The predicted octanol–water partition coefficient (Wildman–Crippen LogP) is -0.618. The first-order chi connectivity index (χ1) is 16.7. The van der Waals surface area contributed by atoms with Gasteiger partial charge in [-0.15, -0.1) is 0 Å². The molecule has 0 spiro atoms. The van der Waals surface area contributed by atoms with Gasteiger partial charge in [0.05, 0.1) is 31.9 Å². The Morgan fingerprint density at radius 2 is 1.17 bits per heavy atom. The molecule has 1 heterocycles. The Labute approximate surface area is 208 Å². The highest BCUT2D eigenvalue weighted by atomic mass is 16.5. The molecule has 35 heavy (non-hydrogen) atoms. The van der Waals surface area contributed by atoms with Crippen molar-refractivity contribution in [2.24, 2.45) is 0 Å². The van der Waals surface area contributed by atoms with Crippen molar-refractivity contribution in [3.63, 3.8) is 0 Å². The number of carbonyl (C=O) groups excluding carboxylic acids is 1. The van der Waals surface area contributed by atoms with Crippen LogP contribution in [0.15, 0.2) is 12.3 Å². The van der Waals surface area contributed by atoms with E-state index in [1.54, 1.807) is 0 Å². The minimum Gasteiger partial charge on any atom is -0.512 e. The van der Waals surface area contributed by atoms with Crippen molar-refractivity contribution in [3.8, 4) is 0 Å². The average molecular weight is 502 g/mol. The number of hydrogen-bond acceptors (Lipinski definition) is 9. The van der Waals surface area contributed by atoms with Crippen LogP contribution >= 0.6 is 0 Å². The standard InChI is InChI=1S/C23H43N5O7/c1-3-14-35-15-4-5-24-21(30)17-26-8-12-27(18-22(31)32)10-6-25(16-20(2)29)7-11-28(13-9-26)19-23(33)34/h29H,2-19H2,1H3,(H,24,30)(H,31,32)(H,33,34). The van der Waals surface area contributed by atoms with Crippen LogP contribution in [-0.4, -0.2) is 151 Å². The highest BCUT2D eigenvalue weighted by Crippen LogP contribution is 2.03. The number of nitrogens with one attached hydrogen (secondary N) is 1. The van der Waals surface area contributed by atoms with Crippen LogP contribution in [0, 0.1) is 0 Å². The van der Waals surface area contributed by atoms with E-state index >= 15 is 0 Å². The summed E-state index contributed by atoms with van der Waals surface area (Å²) in [6.45, 7) is 11.2. The molecule has 0 radical (unpaired) electrons. The number of rotatable bonds is 14. The minimum absolute atomic E-state index is 0.000719. The highest BCUT2D eigenvalue weighted by Gasteiger charge is 2.20. The molecule has 0 unspecified atom stereocenters. The number of ether oxygens (including phenoxy) is 1. The maximum atomic E-state index is 12.5. The van der Waals surface area contributed by atoms with E-state index in [0.29, 0.717) is 72.1 Å². The van der Waals surface area contributed by atoms with Crippen molar-refractivity contribution < 1.29 is 34.4 Å². The van der Waals surface area contributed by atoms with Gasteiger partial charge in [0.1, 0.15) is 0 Å². The van der Waals surface area contributed by atoms with E-state index in [-0.39, 0.29) is 37.8 Å². The van der Waals surface area contributed by atoms with Crippen LogP contribution < -0.4 is 5.32 Å². The monoisotopic (exact) mass is 501 g/mol. The van der Waals surface area contributed by atoms with Crippen molar-refractivity contribution in [3.05, 3.63) is 12.3 Å². The zero-order valence-electron chi connectivity index (χ0n) is 21.0. The lowest BCUT2D eigenvalue weighted by Gasteiger charge is -2.33. The Bertz CT molecular complexity index is 632. The zero-order chi connectivity index (χ0) is 26.1. The van der Waals surface area contributed by atoms with Gasteiger partial charge in [-0.2, -0.15) is 0 Å². The van der Waals surface area contributed by atoms with Crippen molar-refractivity contribution in [2.45, 2.75) is 19.8 Å². The Morgan fingerprint density at radius 3 is 1.57 bits per heavy atom. The summed E-state index contributed by atoms with van der Waals surface area (Å²) in [4.78, 5) is 42.7. The largest absolute Gasteiger partial charge is 0.512 e. The van der Waals surface area contributed by atoms with Gasteiger partial charge in [-0.3, -0.25) is 34.0 Å². The molecule has 1 fully saturated rings. The molecule has 12 heteroatoms. The molecule has 1 aliphatic rings. The number of aliphatic hydroxyl groups excluding tert-OH is 1. The Balaban J connectivity index is 2.79. The second kappa shape index (κ2) is 18.1. The summed E-state index contributed by atoms with van der Waals surface area (Å²) in [5.74, 6) is -1.99. The highest BCUT2D eigenvalue weighted by molar-refractivity contribution is 5.78. The molecule has 0 saturated carbocycles. The van der Waals surface area contributed by atoms with Gasteiger partial charge < -0.3 is 25.4 Å². The number of aliphatic carboxylic acids is 2. The van der Waals surface area contributed by atoms with Gasteiger partial charge in [-0.25, -0.2) is 0 Å². The molecular weight excluding hydrogens is 458 g/mol. The predicted molar refractivity (Wildman–Crippen MR) is 132 cm³/mol. The maximum Gasteiger partial charge on any atom is 0.317 e. The maximum absolute atomic E-state index is 12.5. The number of aliphatic hydroxyl groups is 1. The van der Waals surface area contributed by atoms with Crippen molar-refractivity contribution in [2.75, 3.05) is 98.3 Å². The fourth-order valence-electron chi connectivity index (χ4n) is 3.76. The van der Waals surface area contributed by atoms with Gasteiger partial charge in [0.2, 0.25) is 5.91 Å². The third-order valence-electron chi connectivity index (χ3n) is 5.56. The Hall–Kier alpha value is -2.25. The molecule has 1 amide bonds. The van der Waals surface area contributed by atoms with E-state index in [4.69, 9.17) is 4.74 Å². The van der Waals surface area contributed by atoms with Crippen molar-refractivity contribution >= 4 is 17.8 Å². The SMILES string of the molecule is C=C(O)CN1CCN(CC(=O)O)CCN(CC(=O)NCCCOCCC)CCN(CC(=O)O)CC1. The topological polar surface area (TPSA) is 146 Å². The number of nitrogens with zero attached hydrogens (tertiary/aromatic N) is 4. The molecule has 0 aliphatic carbocycles. The summed E-state index contributed by atoms with van der Waals surface area (Å²) >= 11 is 0. The lowest BCUT2D eigenvalue weighted by molar-refractivity contribution is -0.139. The summed E-state index contributed by atoms with van der Waals surface area (Å²) in [5, 5.41) is 31.2. The first-order valence-corrected chi connectivity index (χ1v) is 12.2. The van der Waals surface area contributed by atoms with Crippen LogP contribution in [0.5, 0.6) is 0 Å². The summed E-state index contributed by atoms with van der Waals surface area (Å²) in [5.41, 5.74) is 0. The van der Waals surface area contributed by atoms with Gasteiger partial charge >= 0.3 is 11.9 Å². The molecule has 4 N–H and O–H groups in total. The molecule has 1 saturated heterocycles. The van der Waals surface area contributed by atoms with E-state index in [1.807, 2.05) is 26.5 Å². The number of carbonyl (C=O) groups is 3. The molecule has 0 aromatic carbocycles. The molecule has 0 aromatic rings. The van der Waals surface area contributed by atoms with Crippen molar-refractivity contribution in [1.82, 2.24) is 24.9 Å². The molecule has 0 aromatic heterocycles. The van der Waals surface area contributed by atoms with Crippen LogP contribution in [0.2, 0.25) is 0 Å². The second-order valence-corrected chi connectivity index (χ2v) is 8.77. The molecule has 202 valence electrons. The van der Waals surface area contributed by atoms with Crippen LogP contribution in [-0.2, 0) is 19.1 Å². The smallest absolute Gasteiger partial charge is 0.317 e. The Morgan fingerprint density at radius 1 is 0.743 bits per heavy atom. The molecule has 1 aliphatic heterocycles. The molecular formula is C23H43N5O7. The van der Waals surface area contributed by atoms with Crippen LogP contribution in [0.25, 0.3) is 0 Å². The number of amides is 1. The fourth-order valence-corrected chi connectivity index (χ4v) is 3.76. The van der Waals surface area contributed by atoms with Crippen LogP contribution in [0.3, 0.4) is 0 Å². The zero-order valence-corrected chi connectivity index (χ0v) is 21.0. The second-order valence-electron chi connectivity index (χ2n) is 8.77. The number of hydrogen-bond donors (Lipinski definition) is 4. The molecule has 0 bridgehead atoms. The normalized spacial score (nSPS) is 17.9. The summed E-state index contributed by atoms with van der Waals surface area (Å²) in [6, 6.07) is 0. The third kappa shape index (κ3) is 16.1. The summed E-state index contributed by atoms with van der Waals surface area (Å²) < 4.78 is 5.42. The van der Waals surface area contributed by atoms with Crippen LogP contribution in [0.4, 0.5) is 0 Å². The fraction of sp³-hybridized carbons (Fsp3) is 0.783. The van der Waals surface area contributed by atoms with Gasteiger partial charge in [-0.1, -0.05) is 13.5 Å². The van der Waals surface area contributed by atoms with E-state index in [0.717, 1.165) is 12.8 Å². The molecule has 0 atom stereocenters. The van der Waals surface area contributed by atoms with E-state index < -0.39 is 11.9 Å². The van der Waals surface area contributed by atoms with Crippen LogP contribution in [0.1, 0.15) is 19.8 Å². The third-order valence-corrected chi connectivity index (χ3v) is 5.56. The minimum atomic E-state index is -0.933.